The second-order valence-corrected chi connectivity index (χ2v) is 9.08. The predicted molar refractivity (Wildman–Crippen MR) is 151 cm³/mol. The first-order chi connectivity index (χ1) is 15.6. The molecule has 0 saturated carbocycles. The molecule has 0 heterocycles. The molecular weight excluding hydrogens is 560 g/mol. The maximum Gasteiger partial charge on any atom is 0.157 e. The number of aromatic hydroxyl groups is 3. The molecule has 3 rings (SSSR count). The number of fused-ring (bicyclic) bond motifs is 1. The Labute approximate surface area is 226 Å². The van der Waals surface area contributed by atoms with Crippen molar-refractivity contribution in [1.29, 1.82) is 0 Å². The number of phenols is 3. The number of benzene rings is 2. The van der Waals surface area contributed by atoms with Crippen LogP contribution >= 0.6 is 34.0 Å². The summed E-state index contributed by atoms with van der Waals surface area (Å²) in [6.07, 6.45) is 10.2. The second kappa shape index (κ2) is 16.4. The lowest BCUT2D eigenvalue weighted by Gasteiger charge is -2.35. The molecule has 5 nitrogen and oxygen atoms in total. The highest BCUT2D eigenvalue weighted by molar-refractivity contribution is 8.93. The fourth-order valence-corrected chi connectivity index (χ4v) is 4.84. The number of phenolic OH excluding ortho intramolecular Hbond substituents is 3. The number of nitrogens with zero attached hydrogens (tertiary/aromatic N) is 1. The van der Waals surface area contributed by atoms with E-state index in [4.69, 9.17) is 0 Å². The van der Waals surface area contributed by atoms with Crippen LogP contribution in [-0.4, -0.2) is 52.4 Å². The summed E-state index contributed by atoms with van der Waals surface area (Å²) in [5.41, 5.74) is 3.52. The number of hydrogen-bond donors (Lipinski definition) is 4. The molecule has 0 amide bonds. The zero-order valence-electron chi connectivity index (χ0n) is 20.3. The van der Waals surface area contributed by atoms with Gasteiger partial charge >= 0.3 is 0 Å². The number of rotatable bonds is 13. The Morgan fingerprint density at radius 2 is 1.68 bits per heavy atom. The molecule has 0 fully saturated rings. The highest BCUT2D eigenvalue weighted by Crippen LogP contribution is 2.31. The molecule has 0 bridgehead atoms. The summed E-state index contributed by atoms with van der Waals surface area (Å²) < 4.78 is 0. The lowest BCUT2D eigenvalue weighted by atomic mass is 9.86. The molecule has 0 radical (unpaired) electrons. The van der Waals surface area contributed by atoms with Gasteiger partial charge in [-0.05, 0) is 106 Å². The van der Waals surface area contributed by atoms with E-state index >= 15 is 0 Å². The molecule has 0 aromatic heterocycles. The van der Waals surface area contributed by atoms with E-state index in [1.165, 1.54) is 44.2 Å². The van der Waals surface area contributed by atoms with E-state index in [1.54, 1.807) is 12.1 Å². The quantitative estimate of drug-likeness (QED) is 0.169. The average molecular weight is 602 g/mol. The minimum absolute atomic E-state index is 0. The molecule has 192 valence electrons. The standard InChI is InChI=1S/C27H40N2O3.2BrH/c1-2-17-29(23-11-12-24-22(20-23)8-7-9-25(24)30)18-6-4-3-5-15-28-16-14-21-10-13-26(31)27(32)19-21;;/h7-10,13,19,23,28,30-32H,2-6,11-12,14-18,20H2,1H3;2*1H. The van der Waals surface area contributed by atoms with E-state index in [0.29, 0.717) is 11.8 Å². The predicted octanol–water partition coefficient (Wildman–Crippen LogP) is 5.92. The molecule has 2 aromatic rings. The normalized spacial score (nSPS) is 14.8. The van der Waals surface area contributed by atoms with Crippen LogP contribution in [0.2, 0.25) is 0 Å². The first-order valence-corrected chi connectivity index (χ1v) is 12.3. The Bertz CT molecular complexity index is 851. The fourth-order valence-electron chi connectivity index (χ4n) is 4.84. The number of halogens is 2. The Kier molecular flexibility index (Phi) is 14.8. The third-order valence-corrected chi connectivity index (χ3v) is 6.64. The first kappa shape index (κ1) is 30.8. The van der Waals surface area contributed by atoms with Crippen LogP contribution in [0, 0.1) is 0 Å². The topological polar surface area (TPSA) is 76.0 Å². The maximum atomic E-state index is 10.1. The largest absolute Gasteiger partial charge is 0.508 e. The van der Waals surface area contributed by atoms with Crippen LogP contribution < -0.4 is 5.32 Å². The molecule has 1 aliphatic carbocycles. The van der Waals surface area contributed by atoms with E-state index in [0.717, 1.165) is 56.4 Å². The van der Waals surface area contributed by atoms with Crippen molar-refractivity contribution < 1.29 is 15.3 Å². The van der Waals surface area contributed by atoms with Gasteiger partial charge in [-0.3, -0.25) is 0 Å². The monoisotopic (exact) mass is 600 g/mol. The molecule has 2 aromatic carbocycles. The van der Waals surface area contributed by atoms with Crippen LogP contribution in [0.5, 0.6) is 17.2 Å². The first-order valence-electron chi connectivity index (χ1n) is 12.3. The van der Waals surface area contributed by atoms with Crippen molar-refractivity contribution >= 4 is 34.0 Å². The van der Waals surface area contributed by atoms with Gasteiger partial charge in [-0.1, -0.05) is 38.0 Å². The minimum atomic E-state index is -0.0631. The van der Waals surface area contributed by atoms with Crippen molar-refractivity contribution in [1.82, 2.24) is 10.2 Å². The van der Waals surface area contributed by atoms with Gasteiger partial charge in [0.2, 0.25) is 0 Å². The molecule has 0 saturated heterocycles. The third kappa shape index (κ3) is 9.40. The third-order valence-electron chi connectivity index (χ3n) is 6.64. The van der Waals surface area contributed by atoms with Gasteiger partial charge in [-0.2, -0.15) is 0 Å². The Morgan fingerprint density at radius 3 is 2.44 bits per heavy atom. The lowest BCUT2D eigenvalue weighted by molar-refractivity contribution is 0.175. The molecule has 4 N–H and O–H groups in total. The van der Waals surface area contributed by atoms with Crippen LogP contribution in [0.1, 0.15) is 62.1 Å². The Morgan fingerprint density at radius 1 is 0.882 bits per heavy atom. The smallest absolute Gasteiger partial charge is 0.157 e. The van der Waals surface area contributed by atoms with Crippen molar-refractivity contribution in [2.24, 2.45) is 0 Å². The minimum Gasteiger partial charge on any atom is -0.508 e. The van der Waals surface area contributed by atoms with Crippen LogP contribution in [-0.2, 0) is 19.3 Å². The summed E-state index contributed by atoms with van der Waals surface area (Å²) in [5, 5.41) is 32.5. The van der Waals surface area contributed by atoms with Crippen molar-refractivity contribution in [3.63, 3.8) is 0 Å². The van der Waals surface area contributed by atoms with E-state index in [1.807, 2.05) is 18.2 Å². The average Bonchev–Trinajstić information content (AvgIpc) is 2.79. The second-order valence-electron chi connectivity index (χ2n) is 9.08. The van der Waals surface area contributed by atoms with Gasteiger partial charge < -0.3 is 25.5 Å². The van der Waals surface area contributed by atoms with Crippen LogP contribution in [0.25, 0.3) is 0 Å². The molecule has 1 atom stereocenters. The van der Waals surface area contributed by atoms with Crippen molar-refractivity contribution in [3.05, 3.63) is 53.1 Å². The fraction of sp³-hybridized carbons (Fsp3) is 0.556. The highest BCUT2D eigenvalue weighted by Gasteiger charge is 2.24. The molecular formula is C27H42Br2N2O3. The van der Waals surface area contributed by atoms with E-state index in [-0.39, 0.29) is 45.5 Å². The zero-order valence-corrected chi connectivity index (χ0v) is 23.8. The van der Waals surface area contributed by atoms with Crippen molar-refractivity contribution in [2.45, 2.75) is 70.8 Å². The summed E-state index contributed by atoms with van der Waals surface area (Å²) in [6.45, 7) is 6.50. The van der Waals surface area contributed by atoms with Gasteiger partial charge in [0, 0.05) is 6.04 Å². The van der Waals surface area contributed by atoms with E-state index in [9.17, 15) is 15.3 Å². The SMILES string of the molecule is Br.Br.CCCN(CCCCCCNCCc1ccc(O)c(O)c1)C1CCc2c(O)cccc2C1. The summed E-state index contributed by atoms with van der Waals surface area (Å²) in [4.78, 5) is 2.68. The molecule has 34 heavy (non-hydrogen) atoms. The molecule has 7 heteroatoms. The molecule has 1 aliphatic rings. The van der Waals surface area contributed by atoms with Crippen LogP contribution in [0.3, 0.4) is 0 Å². The van der Waals surface area contributed by atoms with Gasteiger partial charge in [0.25, 0.3) is 0 Å². The Hall–Kier alpha value is -1.28. The van der Waals surface area contributed by atoms with Gasteiger partial charge in [0.15, 0.2) is 11.5 Å². The van der Waals surface area contributed by atoms with Crippen molar-refractivity contribution in [2.75, 3.05) is 26.2 Å². The molecule has 1 unspecified atom stereocenters. The van der Waals surface area contributed by atoms with E-state index in [2.05, 4.69) is 23.2 Å². The van der Waals surface area contributed by atoms with Gasteiger partial charge in [0.05, 0.1) is 0 Å². The summed E-state index contributed by atoms with van der Waals surface area (Å²) in [7, 11) is 0. The highest BCUT2D eigenvalue weighted by atomic mass is 79.9. The zero-order chi connectivity index (χ0) is 22.8. The maximum absolute atomic E-state index is 10.1. The molecule has 0 spiro atoms. The number of unbranched alkanes of at least 4 members (excludes halogenated alkanes) is 3. The Balaban J connectivity index is 0.00000289. The van der Waals surface area contributed by atoms with Gasteiger partial charge in [-0.15, -0.1) is 34.0 Å². The van der Waals surface area contributed by atoms with Gasteiger partial charge in [-0.25, -0.2) is 0 Å². The van der Waals surface area contributed by atoms with Crippen LogP contribution in [0.4, 0.5) is 0 Å². The molecule has 0 aliphatic heterocycles. The summed E-state index contributed by atoms with van der Waals surface area (Å²) in [5.74, 6) is 0.361. The number of nitrogens with one attached hydrogen (secondary N) is 1. The number of hydrogen-bond acceptors (Lipinski definition) is 5. The van der Waals surface area contributed by atoms with E-state index < -0.39 is 0 Å². The van der Waals surface area contributed by atoms with Crippen molar-refractivity contribution in [3.8, 4) is 17.2 Å². The summed E-state index contributed by atoms with van der Waals surface area (Å²) in [6, 6.07) is 11.6. The summed E-state index contributed by atoms with van der Waals surface area (Å²) >= 11 is 0. The van der Waals surface area contributed by atoms with Gasteiger partial charge in [0.1, 0.15) is 5.75 Å². The lowest BCUT2D eigenvalue weighted by Crippen LogP contribution is -2.40. The van der Waals surface area contributed by atoms with Crippen LogP contribution in [0.15, 0.2) is 36.4 Å².